The van der Waals surface area contributed by atoms with E-state index in [1.54, 1.807) is 62.4 Å². The molecule has 2 amide bonds. The van der Waals surface area contributed by atoms with Crippen LogP contribution in [0.5, 0.6) is 0 Å². The maximum absolute atomic E-state index is 13.9. The summed E-state index contributed by atoms with van der Waals surface area (Å²) in [7, 11) is -4.12. The summed E-state index contributed by atoms with van der Waals surface area (Å²) < 4.78 is 28.8. The van der Waals surface area contributed by atoms with Crippen molar-refractivity contribution in [1.82, 2.24) is 10.2 Å². The fraction of sp³-hybridized carbons (Fsp3) is 0.286. The van der Waals surface area contributed by atoms with Gasteiger partial charge in [-0.1, -0.05) is 59.6 Å². The van der Waals surface area contributed by atoms with Crippen LogP contribution in [0.4, 0.5) is 5.69 Å². The van der Waals surface area contributed by atoms with Crippen molar-refractivity contribution in [3.63, 3.8) is 0 Å². The number of rotatable bonds is 10. The van der Waals surface area contributed by atoms with E-state index in [1.807, 2.05) is 19.9 Å². The highest BCUT2D eigenvalue weighted by atomic mass is 35.5. The number of sulfonamides is 1. The minimum absolute atomic E-state index is 0.0147. The molecule has 38 heavy (non-hydrogen) atoms. The largest absolute Gasteiger partial charge is 0.355 e. The molecule has 0 heterocycles. The normalized spacial score (nSPS) is 12.1. The molecule has 0 aliphatic heterocycles. The molecule has 3 aromatic rings. The lowest BCUT2D eigenvalue weighted by Gasteiger charge is -2.32. The van der Waals surface area contributed by atoms with Gasteiger partial charge in [-0.25, -0.2) is 8.42 Å². The number of nitrogens with zero attached hydrogens (tertiary/aromatic N) is 2. The zero-order valence-corrected chi connectivity index (χ0v) is 24.1. The number of benzene rings is 3. The second kappa shape index (κ2) is 12.7. The number of amides is 2. The van der Waals surface area contributed by atoms with E-state index in [2.05, 4.69) is 5.32 Å². The van der Waals surface area contributed by atoms with E-state index in [0.717, 1.165) is 15.4 Å². The Balaban J connectivity index is 2.08. The Morgan fingerprint density at radius 1 is 0.974 bits per heavy atom. The van der Waals surface area contributed by atoms with Crippen molar-refractivity contribution in [2.75, 3.05) is 17.4 Å². The number of anilines is 1. The molecule has 1 N–H and O–H groups in total. The van der Waals surface area contributed by atoms with Gasteiger partial charge in [-0.05, 0) is 74.7 Å². The molecule has 1 atom stereocenters. The molecule has 0 saturated heterocycles. The molecule has 0 spiro atoms. The van der Waals surface area contributed by atoms with Crippen molar-refractivity contribution in [2.24, 2.45) is 0 Å². The van der Waals surface area contributed by atoms with Crippen LogP contribution in [0.15, 0.2) is 71.6 Å². The van der Waals surface area contributed by atoms with Crippen molar-refractivity contribution in [3.05, 3.63) is 93.5 Å². The molecule has 7 nitrogen and oxygen atoms in total. The van der Waals surface area contributed by atoms with Crippen LogP contribution in [-0.4, -0.2) is 44.3 Å². The van der Waals surface area contributed by atoms with Gasteiger partial charge in [0.2, 0.25) is 11.8 Å². The lowest BCUT2D eigenvalue weighted by atomic mass is 10.1. The number of nitrogens with one attached hydrogen (secondary N) is 1. The summed E-state index contributed by atoms with van der Waals surface area (Å²) in [5.74, 6) is -0.926. The van der Waals surface area contributed by atoms with E-state index in [1.165, 1.54) is 17.0 Å². The molecule has 0 aromatic heterocycles. The summed E-state index contributed by atoms with van der Waals surface area (Å²) >= 11 is 12.4. The lowest BCUT2D eigenvalue weighted by Crippen LogP contribution is -2.51. The molecule has 0 aliphatic carbocycles. The molecule has 0 saturated carbocycles. The molecular formula is C28H31Cl2N3O4S. The molecule has 3 aromatic carbocycles. The number of hydrogen-bond donors (Lipinski definition) is 1. The van der Waals surface area contributed by atoms with Crippen LogP contribution in [0.25, 0.3) is 0 Å². The summed E-state index contributed by atoms with van der Waals surface area (Å²) in [6.45, 7) is 6.91. The van der Waals surface area contributed by atoms with Crippen LogP contribution in [0.1, 0.15) is 30.5 Å². The van der Waals surface area contributed by atoms with E-state index in [9.17, 15) is 18.0 Å². The summed E-state index contributed by atoms with van der Waals surface area (Å²) in [4.78, 5) is 28.1. The first kappa shape index (κ1) is 29.5. The van der Waals surface area contributed by atoms with E-state index >= 15 is 0 Å². The summed E-state index contributed by atoms with van der Waals surface area (Å²) in [5, 5.41) is 3.50. The fourth-order valence-corrected chi connectivity index (χ4v) is 5.94. The highest BCUT2D eigenvalue weighted by Gasteiger charge is 2.33. The Kier molecular flexibility index (Phi) is 9.82. The van der Waals surface area contributed by atoms with Gasteiger partial charge in [0.05, 0.1) is 10.6 Å². The van der Waals surface area contributed by atoms with E-state index < -0.39 is 28.5 Å². The van der Waals surface area contributed by atoms with Crippen molar-refractivity contribution in [2.45, 2.75) is 45.2 Å². The Labute approximate surface area is 234 Å². The average Bonchev–Trinajstić information content (AvgIpc) is 2.88. The number of carbonyl (C=O) groups excluding carboxylic acids is 2. The zero-order valence-electron chi connectivity index (χ0n) is 21.7. The number of hydrogen-bond acceptors (Lipinski definition) is 4. The molecule has 0 bridgehead atoms. The lowest BCUT2D eigenvalue weighted by molar-refractivity contribution is -0.139. The van der Waals surface area contributed by atoms with Crippen LogP contribution in [0, 0.1) is 13.8 Å². The van der Waals surface area contributed by atoms with Gasteiger partial charge < -0.3 is 10.2 Å². The maximum Gasteiger partial charge on any atom is 0.264 e. The minimum atomic E-state index is -4.12. The van der Waals surface area contributed by atoms with Gasteiger partial charge in [-0.2, -0.15) is 0 Å². The standard InChI is InChI=1S/C28H31Cl2N3O4S/c1-5-31-28(35)21(4)32(17-22-14-15-23(29)16-25(22)30)27(34)18-33(26-13-9-10-19(2)20(26)3)38(36,37)24-11-7-6-8-12-24/h6-16,21H,5,17-18H2,1-4H3,(H,31,35)/t21-/m0/s1. The van der Waals surface area contributed by atoms with Crippen LogP contribution in [0.3, 0.4) is 0 Å². The van der Waals surface area contributed by atoms with Gasteiger partial charge in [-0.3, -0.25) is 13.9 Å². The van der Waals surface area contributed by atoms with Crippen LogP contribution < -0.4 is 9.62 Å². The topological polar surface area (TPSA) is 86.8 Å². The van der Waals surface area contributed by atoms with Crippen molar-refractivity contribution < 1.29 is 18.0 Å². The van der Waals surface area contributed by atoms with Gasteiger partial charge in [-0.15, -0.1) is 0 Å². The van der Waals surface area contributed by atoms with Gasteiger partial charge in [0.25, 0.3) is 10.0 Å². The third kappa shape index (κ3) is 6.67. The monoisotopic (exact) mass is 575 g/mol. The minimum Gasteiger partial charge on any atom is -0.355 e. The summed E-state index contributed by atoms with van der Waals surface area (Å²) in [6.07, 6.45) is 0. The van der Waals surface area contributed by atoms with Gasteiger partial charge in [0, 0.05) is 23.1 Å². The van der Waals surface area contributed by atoms with Crippen molar-refractivity contribution in [1.29, 1.82) is 0 Å². The van der Waals surface area contributed by atoms with Gasteiger partial charge in [0.15, 0.2) is 0 Å². The van der Waals surface area contributed by atoms with E-state index in [-0.39, 0.29) is 17.3 Å². The Morgan fingerprint density at radius 2 is 1.66 bits per heavy atom. The molecule has 0 radical (unpaired) electrons. The quantitative estimate of drug-likeness (QED) is 0.352. The molecule has 0 unspecified atom stereocenters. The Bertz CT molecular complexity index is 1410. The summed E-state index contributed by atoms with van der Waals surface area (Å²) in [6, 6.07) is 17.2. The number of halogens is 2. The number of aryl methyl sites for hydroxylation is 1. The molecule has 0 aliphatic rings. The third-order valence-corrected chi connectivity index (χ3v) is 8.69. The number of likely N-dealkylation sites (N-methyl/N-ethyl adjacent to an activating group) is 1. The predicted molar refractivity (Wildman–Crippen MR) is 152 cm³/mol. The van der Waals surface area contributed by atoms with Gasteiger partial charge in [0.1, 0.15) is 12.6 Å². The fourth-order valence-electron chi connectivity index (χ4n) is 3.98. The number of carbonyl (C=O) groups is 2. The Morgan fingerprint density at radius 3 is 2.29 bits per heavy atom. The maximum atomic E-state index is 13.9. The zero-order chi connectivity index (χ0) is 28.0. The molecule has 0 fully saturated rings. The smallest absolute Gasteiger partial charge is 0.264 e. The van der Waals surface area contributed by atoms with E-state index in [4.69, 9.17) is 23.2 Å². The first-order valence-electron chi connectivity index (χ1n) is 12.1. The predicted octanol–water partition coefficient (Wildman–Crippen LogP) is 5.36. The third-order valence-electron chi connectivity index (χ3n) is 6.33. The Hall–Kier alpha value is -3.07. The van der Waals surface area contributed by atoms with Crippen molar-refractivity contribution in [3.8, 4) is 0 Å². The van der Waals surface area contributed by atoms with Gasteiger partial charge >= 0.3 is 0 Å². The second-order valence-corrected chi connectivity index (χ2v) is 11.6. The van der Waals surface area contributed by atoms with Crippen LogP contribution in [-0.2, 0) is 26.2 Å². The summed E-state index contributed by atoms with van der Waals surface area (Å²) in [5.41, 5.74) is 2.56. The first-order chi connectivity index (χ1) is 18.0. The average molecular weight is 577 g/mol. The highest BCUT2D eigenvalue weighted by molar-refractivity contribution is 7.92. The van der Waals surface area contributed by atoms with Crippen molar-refractivity contribution >= 4 is 50.7 Å². The SMILES string of the molecule is CCNC(=O)[C@H](C)N(Cc1ccc(Cl)cc1Cl)C(=O)CN(c1cccc(C)c1C)S(=O)(=O)c1ccccc1. The second-order valence-electron chi connectivity index (χ2n) is 8.87. The molecule has 3 rings (SSSR count). The molecule has 202 valence electrons. The molecular weight excluding hydrogens is 545 g/mol. The van der Waals surface area contributed by atoms with E-state index in [0.29, 0.717) is 27.8 Å². The highest BCUT2D eigenvalue weighted by Crippen LogP contribution is 2.29. The molecule has 10 heteroatoms. The van der Waals surface area contributed by atoms with Crippen LogP contribution in [0.2, 0.25) is 10.0 Å². The van der Waals surface area contributed by atoms with Crippen LogP contribution >= 0.6 is 23.2 Å². The first-order valence-corrected chi connectivity index (χ1v) is 14.3.